The molecule has 0 N–H and O–H groups in total. The zero-order valence-corrected chi connectivity index (χ0v) is 9.74. The van der Waals surface area contributed by atoms with Crippen LogP contribution in [0.4, 0.5) is 0 Å². The summed E-state index contributed by atoms with van der Waals surface area (Å²) >= 11 is 0. The Bertz CT molecular complexity index is 664. The number of pyridine rings is 1. The zero-order chi connectivity index (χ0) is 12.4. The lowest BCUT2D eigenvalue weighted by Gasteiger charge is -1.94. The molecule has 3 heterocycles. The molecule has 3 rings (SSSR count). The van der Waals surface area contributed by atoms with Gasteiger partial charge in [-0.05, 0) is 25.1 Å². The van der Waals surface area contributed by atoms with Gasteiger partial charge in [0.15, 0.2) is 5.82 Å². The van der Waals surface area contributed by atoms with Crippen molar-refractivity contribution < 1.29 is 4.52 Å². The third-order valence-corrected chi connectivity index (χ3v) is 2.48. The highest BCUT2D eigenvalue weighted by molar-refractivity contribution is 5.62. The molecule has 0 aliphatic heterocycles. The minimum Gasteiger partial charge on any atom is -0.352 e. The molecule has 18 heavy (non-hydrogen) atoms. The van der Waals surface area contributed by atoms with Crippen LogP contribution in [-0.4, -0.2) is 20.1 Å². The van der Waals surface area contributed by atoms with Gasteiger partial charge in [0, 0.05) is 35.9 Å². The molecule has 0 atom stereocenters. The first-order valence-corrected chi connectivity index (χ1v) is 5.50. The largest absolute Gasteiger partial charge is 0.352 e. The Balaban J connectivity index is 2.00. The quantitative estimate of drug-likeness (QED) is 0.686. The minimum absolute atomic E-state index is 0.539. The molecular formula is C13H10N4O. The topological polar surface area (TPSA) is 64.7 Å². The second kappa shape index (κ2) is 4.37. The Labute approximate surface area is 104 Å². The maximum absolute atomic E-state index is 5.26. The smallest absolute Gasteiger partial charge is 0.204 e. The fourth-order valence-electron chi connectivity index (χ4n) is 1.60. The van der Waals surface area contributed by atoms with Crippen molar-refractivity contribution in [3.05, 3.63) is 48.5 Å². The van der Waals surface area contributed by atoms with Crippen molar-refractivity contribution in [2.24, 2.45) is 0 Å². The van der Waals surface area contributed by atoms with Gasteiger partial charge in [0.1, 0.15) is 5.69 Å². The summed E-state index contributed by atoms with van der Waals surface area (Å²) in [5, 5.41) is 4.00. The van der Waals surface area contributed by atoms with Crippen molar-refractivity contribution in [2.75, 3.05) is 0 Å². The fourth-order valence-corrected chi connectivity index (χ4v) is 1.60. The van der Waals surface area contributed by atoms with Gasteiger partial charge < -0.3 is 4.52 Å². The number of nitrogens with zero attached hydrogens (tertiary/aromatic N) is 4. The molecular weight excluding hydrogens is 228 g/mol. The predicted octanol–water partition coefficient (Wildman–Crippen LogP) is 2.50. The third-order valence-electron chi connectivity index (χ3n) is 2.48. The van der Waals surface area contributed by atoms with E-state index in [1.165, 1.54) is 0 Å². The van der Waals surface area contributed by atoms with Gasteiger partial charge in [0.2, 0.25) is 5.76 Å². The number of hydrogen-bond acceptors (Lipinski definition) is 5. The van der Waals surface area contributed by atoms with Crippen LogP contribution in [0.2, 0.25) is 0 Å². The molecule has 0 spiro atoms. The van der Waals surface area contributed by atoms with Crippen molar-refractivity contribution in [3.8, 4) is 22.8 Å². The van der Waals surface area contributed by atoms with Gasteiger partial charge in [0.25, 0.3) is 0 Å². The van der Waals surface area contributed by atoms with Gasteiger partial charge in [-0.1, -0.05) is 5.16 Å². The molecule has 0 saturated carbocycles. The van der Waals surface area contributed by atoms with Gasteiger partial charge in [-0.25, -0.2) is 9.97 Å². The molecule has 5 nitrogen and oxygen atoms in total. The number of rotatable bonds is 2. The lowest BCUT2D eigenvalue weighted by atomic mass is 10.2. The minimum atomic E-state index is 0.539. The molecule has 0 aliphatic carbocycles. The van der Waals surface area contributed by atoms with Crippen LogP contribution < -0.4 is 0 Å². The van der Waals surface area contributed by atoms with Crippen LogP contribution in [0.1, 0.15) is 5.69 Å². The Morgan fingerprint density at radius 3 is 2.89 bits per heavy atom. The Morgan fingerprint density at radius 1 is 1.17 bits per heavy atom. The van der Waals surface area contributed by atoms with E-state index in [-0.39, 0.29) is 0 Å². The summed E-state index contributed by atoms with van der Waals surface area (Å²) in [6, 6.07) is 7.42. The summed E-state index contributed by atoms with van der Waals surface area (Å²) in [6.45, 7) is 1.91. The van der Waals surface area contributed by atoms with E-state index in [1.807, 2.05) is 31.2 Å². The van der Waals surface area contributed by atoms with Gasteiger partial charge in [-0.15, -0.1) is 0 Å². The molecule has 5 heteroatoms. The molecule has 0 unspecified atom stereocenters. The van der Waals surface area contributed by atoms with E-state index in [1.54, 1.807) is 18.6 Å². The number of aryl methyl sites for hydroxylation is 1. The first-order chi connectivity index (χ1) is 8.83. The highest BCUT2D eigenvalue weighted by Crippen LogP contribution is 2.22. The van der Waals surface area contributed by atoms with Crippen molar-refractivity contribution in [1.29, 1.82) is 0 Å². The SMILES string of the molecule is Cc1ccnc(-c2cc(-c3cccnc3)no2)n1. The van der Waals surface area contributed by atoms with Gasteiger partial charge in [-0.3, -0.25) is 4.98 Å². The van der Waals surface area contributed by atoms with E-state index in [0.29, 0.717) is 11.6 Å². The third kappa shape index (κ3) is 1.98. The Hall–Kier alpha value is -2.56. The van der Waals surface area contributed by atoms with E-state index < -0.39 is 0 Å². The van der Waals surface area contributed by atoms with E-state index in [0.717, 1.165) is 17.0 Å². The summed E-state index contributed by atoms with van der Waals surface area (Å²) in [4.78, 5) is 12.5. The summed E-state index contributed by atoms with van der Waals surface area (Å²) in [5.41, 5.74) is 2.52. The summed E-state index contributed by atoms with van der Waals surface area (Å²) < 4.78 is 5.26. The second-order valence-corrected chi connectivity index (χ2v) is 3.84. The molecule has 88 valence electrons. The fraction of sp³-hybridized carbons (Fsp3) is 0.0769. The van der Waals surface area contributed by atoms with Crippen LogP contribution >= 0.6 is 0 Å². The second-order valence-electron chi connectivity index (χ2n) is 3.84. The lowest BCUT2D eigenvalue weighted by molar-refractivity contribution is 0.432. The number of aromatic nitrogens is 4. The van der Waals surface area contributed by atoms with Crippen LogP contribution in [0.25, 0.3) is 22.8 Å². The van der Waals surface area contributed by atoms with Crippen molar-refractivity contribution >= 4 is 0 Å². The van der Waals surface area contributed by atoms with Crippen molar-refractivity contribution in [3.63, 3.8) is 0 Å². The van der Waals surface area contributed by atoms with Crippen molar-refractivity contribution in [1.82, 2.24) is 20.1 Å². The summed E-state index contributed by atoms with van der Waals surface area (Å²) in [7, 11) is 0. The highest BCUT2D eigenvalue weighted by atomic mass is 16.5. The predicted molar refractivity (Wildman–Crippen MR) is 65.5 cm³/mol. The molecule has 0 bridgehead atoms. The average Bonchev–Trinajstić information content (AvgIpc) is 2.89. The molecule has 0 fully saturated rings. The van der Waals surface area contributed by atoms with Crippen LogP contribution in [0, 0.1) is 6.92 Å². The van der Waals surface area contributed by atoms with Crippen LogP contribution in [0.5, 0.6) is 0 Å². The first kappa shape index (κ1) is 10.6. The maximum atomic E-state index is 5.26. The monoisotopic (exact) mass is 238 g/mol. The van der Waals surface area contributed by atoms with Crippen molar-refractivity contribution in [2.45, 2.75) is 6.92 Å². The Morgan fingerprint density at radius 2 is 2.11 bits per heavy atom. The summed E-state index contributed by atoms with van der Waals surface area (Å²) in [5.74, 6) is 1.09. The Kier molecular flexibility index (Phi) is 2.57. The molecule has 3 aromatic heterocycles. The van der Waals surface area contributed by atoms with Crippen LogP contribution in [0.15, 0.2) is 47.4 Å². The molecule has 0 radical (unpaired) electrons. The average molecular weight is 238 g/mol. The van der Waals surface area contributed by atoms with E-state index >= 15 is 0 Å². The molecule has 0 saturated heterocycles. The standard InChI is InChI=1S/C13H10N4O/c1-9-4-6-15-13(16-9)12-7-11(17-18-12)10-3-2-5-14-8-10/h2-8H,1H3. The first-order valence-electron chi connectivity index (χ1n) is 5.50. The molecule has 0 aromatic carbocycles. The van der Waals surface area contributed by atoms with E-state index in [2.05, 4.69) is 20.1 Å². The van der Waals surface area contributed by atoms with Gasteiger partial charge >= 0.3 is 0 Å². The lowest BCUT2D eigenvalue weighted by Crippen LogP contribution is -1.88. The molecule has 0 amide bonds. The molecule has 3 aromatic rings. The normalized spacial score (nSPS) is 10.5. The summed E-state index contributed by atoms with van der Waals surface area (Å²) in [6.07, 6.45) is 5.15. The highest BCUT2D eigenvalue weighted by Gasteiger charge is 2.10. The molecule has 0 aliphatic rings. The van der Waals surface area contributed by atoms with Crippen LogP contribution in [-0.2, 0) is 0 Å². The zero-order valence-electron chi connectivity index (χ0n) is 9.74. The number of hydrogen-bond donors (Lipinski definition) is 0. The van der Waals surface area contributed by atoms with Gasteiger partial charge in [-0.2, -0.15) is 0 Å². The maximum Gasteiger partial charge on any atom is 0.204 e. The van der Waals surface area contributed by atoms with E-state index in [9.17, 15) is 0 Å². The van der Waals surface area contributed by atoms with E-state index in [4.69, 9.17) is 4.52 Å². The van der Waals surface area contributed by atoms with Gasteiger partial charge in [0.05, 0.1) is 0 Å². The van der Waals surface area contributed by atoms with Crippen LogP contribution in [0.3, 0.4) is 0 Å².